The van der Waals surface area contributed by atoms with E-state index in [4.69, 9.17) is 5.73 Å². The highest BCUT2D eigenvalue weighted by atomic mass is 32.2. The summed E-state index contributed by atoms with van der Waals surface area (Å²) in [5, 5.41) is 16.7. The van der Waals surface area contributed by atoms with Gasteiger partial charge in [0.2, 0.25) is 5.16 Å². The van der Waals surface area contributed by atoms with Crippen LogP contribution >= 0.6 is 11.8 Å². The van der Waals surface area contributed by atoms with E-state index in [0.717, 1.165) is 11.4 Å². The fourth-order valence-electron chi connectivity index (χ4n) is 1.48. The van der Waals surface area contributed by atoms with Gasteiger partial charge in [-0.15, -0.1) is 5.10 Å². The molecule has 0 aliphatic rings. The van der Waals surface area contributed by atoms with Crippen molar-refractivity contribution < 1.29 is 0 Å². The number of thioether (sulfide) groups is 1. The Bertz CT molecular complexity index is 559. The van der Waals surface area contributed by atoms with Crippen LogP contribution in [0.3, 0.4) is 0 Å². The summed E-state index contributed by atoms with van der Waals surface area (Å²) in [4.78, 5) is 4.17. The maximum Gasteiger partial charge on any atom is 0.208 e. The average molecular weight is 259 g/mol. The van der Waals surface area contributed by atoms with E-state index in [1.807, 2.05) is 37.3 Å². The zero-order chi connectivity index (χ0) is 13.0. The van der Waals surface area contributed by atoms with Crippen LogP contribution in [0.5, 0.6) is 0 Å². The molecule has 3 N–H and O–H groups in total. The van der Waals surface area contributed by atoms with Gasteiger partial charge in [0.05, 0.1) is 6.07 Å². The topological polar surface area (TPSA) is 91.4 Å². The van der Waals surface area contributed by atoms with E-state index in [1.165, 1.54) is 11.8 Å². The lowest BCUT2D eigenvalue weighted by Gasteiger charge is -2.20. The third kappa shape index (κ3) is 2.70. The lowest BCUT2D eigenvalue weighted by Crippen LogP contribution is -2.37. The first-order chi connectivity index (χ1) is 8.64. The zero-order valence-electron chi connectivity index (χ0n) is 9.92. The number of benzene rings is 1. The molecule has 0 aliphatic heterocycles. The van der Waals surface area contributed by atoms with Crippen LogP contribution < -0.4 is 5.73 Å². The molecule has 18 heavy (non-hydrogen) atoms. The first kappa shape index (κ1) is 12.6. The Labute approximate surface area is 109 Å². The molecule has 92 valence electrons. The van der Waals surface area contributed by atoms with Crippen molar-refractivity contribution in [3.8, 4) is 6.07 Å². The highest BCUT2D eigenvalue weighted by Gasteiger charge is 2.27. The van der Waals surface area contributed by atoms with Gasteiger partial charge in [0.15, 0.2) is 0 Å². The van der Waals surface area contributed by atoms with Crippen molar-refractivity contribution in [1.29, 1.82) is 5.26 Å². The van der Waals surface area contributed by atoms with E-state index in [2.05, 4.69) is 21.3 Å². The van der Waals surface area contributed by atoms with Gasteiger partial charge in [0.1, 0.15) is 11.4 Å². The van der Waals surface area contributed by atoms with Gasteiger partial charge >= 0.3 is 0 Å². The summed E-state index contributed by atoms with van der Waals surface area (Å²) in [7, 11) is 0. The fourth-order valence-corrected chi connectivity index (χ4v) is 2.38. The lowest BCUT2D eigenvalue weighted by atomic mass is 9.95. The Kier molecular flexibility index (Phi) is 3.65. The number of aryl methyl sites for hydroxylation is 1. The predicted molar refractivity (Wildman–Crippen MR) is 69.8 cm³/mol. The van der Waals surface area contributed by atoms with Crippen LogP contribution in [-0.4, -0.2) is 20.9 Å². The molecule has 2 aromatic rings. The highest BCUT2D eigenvalue weighted by Crippen LogP contribution is 2.25. The molecule has 1 unspecified atom stereocenters. The van der Waals surface area contributed by atoms with E-state index in [0.29, 0.717) is 10.9 Å². The van der Waals surface area contributed by atoms with Crippen molar-refractivity contribution in [2.45, 2.75) is 17.6 Å². The number of nitrogens with zero attached hydrogens (tertiary/aromatic N) is 3. The summed E-state index contributed by atoms with van der Waals surface area (Å²) in [6.45, 7) is 1.83. The van der Waals surface area contributed by atoms with Crippen molar-refractivity contribution in [3.63, 3.8) is 0 Å². The molecule has 0 saturated heterocycles. The minimum Gasteiger partial charge on any atom is -0.309 e. The second-order valence-corrected chi connectivity index (χ2v) is 4.88. The molecule has 0 amide bonds. The minimum atomic E-state index is -1.03. The number of aromatic nitrogens is 3. The number of H-pyrrole nitrogens is 1. The normalized spacial score (nSPS) is 13.8. The molecular weight excluding hydrogens is 246 g/mol. The smallest absolute Gasteiger partial charge is 0.208 e. The van der Waals surface area contributed by atoms with E-state index in [-0.39, 0.29) is 0 Å². The second kappa shape index (κ2) is 5.21. The molecule has 2 rings (SSSR count). The summed E-state index contributed by atoms with van der Waals surface area (Å²) in [5.74, 6) is 1.15. The van der Waals surface area contributed by atoms with Crippen molar-refractivity contribution in [1.82, 2.24) is 15.2 Å². The van der Waals surface area contributed by atoms with E-state index >= 15 is 0 Å². The van der Waals surface area contributed by atoms with Crippen LogP contribution in [0.15, 0.2) is 35.5 Å². The Morgan fingerprint density at radius 2 is 2.17 bits per heavy atom. The molecule has 1 heterocycles. The summed E-state index contributed by atoms with van der Waals surface area (Å²) < 4.78 is 0. The molecule has 0 radical (unpaired) electrons. The molecule has 0 bridgehead atoms. The van der Waals surface area contributed by atoms with E-state index < -0.39 is 5.54 Å². The van der Waals surface area contributed by atoms with Crippen molar-refractivity contribution in [2.75, 3.05) is 5.75 Å². The molecule has 0 aliphatic carbocycles. The number of nitrogens with two attached hydrogens (primary N) is 1. The van der Waals surface area contributed by atoms with Crippen LogP contribution in [0.25, 0.3) is 0 Å². The second-order valence-electron chi connectivity index (χ2n) is 3.94. The average Bonchev–Trinajstić information content (AvgIpc) is 2.83. The van der Waals surface area contributed by atoms with Crippen LogP contribution in [0.1, 0.15) is 11.4 Å². The molecule has 6 heteroatoms. The first-order valence-corrected chi connectivity index (χ1v) is 6.40. The Hall–Kier alpha value is -1.84. The summed E-state index contributed by atoms with van der Waals surface area (Å²) in [5.41, 5.74) is 5.90. The summed E-state index contributed by atoms with van der Waals surface area (Å²) in [6.07, 6.45) is 0. The first-order valence-electron chi connectivity index (χ1n) is 5.41. The number of rotatable bonds is 4. The Balaban J connectivity index is 2.12. The fraction of sp³-hybridized carbons (Fsp3) is 0.250. The van der Waals surface area contributed by atoms with Crippen LogP contribution in [0.2, 0.25) is 0 Å². The molecule has 5 nitrogen and oxygen atoms in total. The largest absolute Gasteiger partial charge is 0.309 e. The number of hydrogen-bond acceptors (Lipinski definition) is 5. The molecule has 0 saturated carbocycles. The van der Waals surface area contributed by atoms with Crippen molar-refractivity contribution in [3.05, 3.63) is 41.7 Å². The molecule has 1 atom stereocenters. The van der Waals surface area contributed by atoms with Gasteiger partial charge in [0.25, 0.3) is 0 Å². The predicted octanol–water partition coefficient (Wildman–Crippen LogP) is 1.58. The van der Waals surface area contributed by atoms with Gasteiger partial charge in [0, 0.05) is 5.75 Å². The van der Waals surface area contributed by atoms with E-state index in [1.54, 1.807) is 0 Å². The van der Waals surface area contributed by atoms with Gasteiger partial charge in [-0.3, -0.25) is 5.10 Å². The third-order valence-electron chi connectivity index (χ3n) is 2.49. The summed E-state index contributed by atoms with van der Waals surface area (Å²) in [6, 6.07) is 11.5. The number of nitriles is 1. The van der Waals surface area contributed by atoms with Crippen molar-refractivity contribution >= 4 is 11.8 Å². The maximum atomic E-state index is 9.28. The Morgan fingerprint density at radius 3 is 2.72 bits per heavy atom. The quantitative estimate of drug-likeness (QED) is 0.813. The van der Waals surface area contributed by atoms with Crippen LogP contribution in [0.4, 0.5) is 0 Å². The van der Waals surface area contributed by atoms with Gasteiger partial charge < -0.3 is 5.73 Å². The molecule has 0 fully saturated rings. The third-order valence-corrected chi connectivity index (χ3v) is 3.53. The van der Waals surface area contributed by atoms with Gasteiger partial charge in [-0.1, -0.05) is 42.1 Å². The monoisotopic (exact) mass is 259 g/mol. The zero-order valence-corrected chi connectivity index (χ0v) is 10.7. The van der Waals surface area contributed by atoms with Gasteiger partial charge in [-0.05, 0) is 12.5 Å². The molecule has 1 aromatic carbocycles. The number of nitrogens with one attached hydrogen (secondary N) is 1. The minimum absolute atomic E-state index is 0.408. The molecule has 1 aromatic heterocycles. The van der Waals surface area contributed by atoms with Gasteiger partial charge in [-0.25, -0.2) is 4.98 Å². The SMILES string of the molecule is Cc1nc(SCC(N)(C#N)c2ccccc2)n[nH]1. The van der Waals surface area contributed by atoms with Crippen LogP contribution in [0, 0.1) is 18.3 Å². The number of aromatic amines is 1. The maximum absolute atomic E-state index is 9.28. The lowest BCUT2D eigenvalue weighted by molar-refractivity contribution is 0.657. The number of hydrogen-bond donors (Lipinski definition) is 2. The summed E-state index contributed by atoms with van der Waals surface area (Å²) >= 11 is 1.37. The van der Waals surface area contributed by atoms with Crippen molar-refractivity contribution in [2.24, 2.45) is 5.73 Å². The molecule has 0 spiro atoms. The van der Waals surface area contributed by atoms with Gasteiger partial charge in [-0.2, -0.15) is 5.26 Å². The Morgan fingerprint density at radius 1 is 1.44 bits per heavy atom. The van der Waals surface area contributed by atoms with Crippen LogP contribution in [-0.2, 0) is 5.54 Å². The highest BCUT2D eigenvalue weighted by molar-refractivity contribution is 7.99. The van der Waals surface area contributed by atoms with E-state index in [9.17, 15) is 5.26 Å². The standard InChI is InChI=1S/C12H13N5S/c1-9-15-11(17-16-9)18-8-12(14,7-13)10-5-3-2-4-6-10/h2-6H,8,14H2,1H3,(H,15,16,17). The molecular formula is C12H13N5S.